The number of rotatable bonds is 6. The molecule has 0 bridgehead atoms. The minimum Gasteiger partial charge on any atom is -0.506 e. The number of nitrogens with one attached hydrogen (secondary N) is 3. The van der Waals surface area contributed by atoms with E-state index < -0.39 is 0 Å². The Morgan fingerprint density at radius 1 is 1.40 bits per heavy atom. The maximum absolute atomic E-state index is 10.5. The number of hydrogen-bond donors (Lipinski definition) is 4. The molecule has 1 saturated heterocycles. The molecule has 1 aliphatic rings. The predicted octanol–water partition coefficient (Wildman–Crippen LogP) is 3.29. The fourth-order valence-corrected chi connectivity index (χ4v) is 4.68. The van der Waals surface area contributed by atoms with Gasteiger partial charge in [0.25, 0.3) is 0 Å². The molecule has 4 heterocycles. The fraction of sp³-hybridized carbons (Fsp3) is 0.350. The first-order valence-corrected chi connectivity index (χ1v) is 10.9. The molecule has 0 saturated carbocycles. The zero-order chi connectivity index (χ0) is 21.3. The number of piperidine rings is 1. The quantitative estimate of drug-likeness (QED) is 0.341. The number of fused-ring (bicyclic) bond motifs is 1. The molecule has 0 radical (unpaired) electrons. The normalized spacial score (nSPS) is 15.8. The first-order chi connectivity index (χ1) is 14.5. The van der Waals surface area contributed by atoms with Gasteiger partial charge in [-0.05, 0) is 32.0 Å². The predicted molar refractivity (Wildman–Crippen MR) is 123 cm³/mol. The van der Waals surface area contributed by atoms with Crippen LogP contribution in [0.1, 0.15) is 18.4 Å². The van der Waals surface area contributed by atoms with Crippen molar-refractivity contribution in [3.8, 4) is 17.3 Å². The zero-order valence-electron chi connectivity index (χ0n) is 16.9. The van der Waals surface area contributed by atoms with Crippen molar-refractivity contribution in [2.75, 3.05) is 32.1 Å². The van der Waals surface area contributed by atoms with Gasteiger partial charge in [0, 0.05) is 37.5 Å². The molecule has 1 fully saturated rings. The summed E-state index contributed by atoms with van der Waals surface area (Å²) >= 11 is 7.70. The number of pyridine rings is 1. The second-order valence-electron chi connectivity index (χ2n) is 7.10. The van der Waals surface area contributed by atoms with E-state index in [0.717, 1.165) is 35.9 Å². The molecule has 4 N–H and O–H groups in total. The zero-order valence-corrected chi connectivity index (χ0v) is 18.4. The van der Waals surface area contributed by atoms with Gasteiger partial charge in [-0.2, -0.15) is 0 Å². The Labute approximate surface area is 183 Å². The number of halogens is 1. The Morgan fingerprint density at radius 2 is 2.17 bits per heavy atom. The van der Waals surface area contributed by atoms with Crippen molar-refractivity contribution in [1.82, 2.24) is 30.6 Å². The molecule has 0 atom stereocenters. The summed E-state index contributed by atoms with van der Waals surface area (Å²) < 4.78 is 0. The third kappa shape index (κ3) is 3.88. The molecule has 0 amide bonds. The number of aromatic hydroxyl groups is 1. The summed E-state index contributed by atoms with van der Waals surface area (Å²) in [6.07, 6.45) is 5.45. The van der Waals surface area contributed by atoms with E-state index in [1.165, 1.54) is 11.3 Å². The van der Waals surface area contributed by atoms with E-state index in [4.69, 9.17) is 16.6 Å². The van der Waals surface area contributed by atoms with Crippen LogP contribution in [0.15, 0.2) is 30.1 Å². The van der Waals surface area contributed by atoms with Crippen molar-refractivity contribution >= 4 is 44.1 Å². The number of hydrogen-bond acceptors (Lipinski definition) is 8. The van der Waals surface area contributed by atoms with Crippen LogP contribution in [0.25, 0.3) is 27.6 Å². The van der Waals surface area contributed by atoms with Crippen LogP contribution in [0, 0.1) is 0 Å². The molecule has 4 rings (SSSR count). The molecule has 0 spiro atoms. The van der Waals surface area contributed by atoms with Gasteiger partial charge < -0.3 is 25.6 Å². The fourth-order valence-electron chi connectivity index (χ4n) is 3.56. The lowest BCUT2D eigenvalue weighted by atomic mass is 10.1. The minimum absolute atomic E-state index is 0.000805. The number of H-pyrrole nitrogens is 1. The van der Waals surface area contributed by atoms with Crippen LogP contribution in [0.3, 0.4) is 0 Å². The van der Waals surface area contributed by atoms with E-state index in [1.807, 2.05) is 0 Å². The van der Waals surface area contributed by atoms with Crippen molar-refractivity contribution in [2.45, 2.75) is 18.9 Å². The Morgan fingerprint density at radius 3 is 2.80 bits per heavy atom. The molecular formula is C20H24ClN7OS. The minimum atomic E-state index is 0.000805. The van der Waals surface area contributed by atoms with Gasteiger partial charge in [-0.25, -0.2) is 15.0 Å². The smallest absolute Gasteiger partial charge is 0.189 e. The lowest BCUT2D eigenvalue weighted by molar-refractivity contribution is 0.443. The highest BCUT2D eigenvalue weighted by molar-refractivity contribution is 7.21. The number of allylic oxidation sites excluding steroid dienone is 2. The highest BCUT2D eigenvalue weighted by atomic mass is 35.5. The lowest BCUT2D eigenvalue weighted by Crippen LogP contribution is -2.41. The molecule has 8 nitrogen and oxygen atoms in total. The summed E-state index contributed by atoms with van der Waals surface area (Å²) in [5, 5.41) is 18.2. The van der Waals surface area contributed by atoms with Gasteiger partial charge in [0.05, 0.1) is 0 Å². The number of aromatic amines is 1. The average molecular weight is 446 g/mol. The topological polar surface area (TPSA) is 102 Å². The number of nitrogens with zero attached hydrogens (tertiary/aromatic N) is 4. The summed E-state index contributed by atoms with van der Waals surface area (Å²) in [6.45, 7) is 5.83. The lowest BCUT2D eigenvalue weighted by Gasteiger charge is -2.31. The first-order valence-electron chi connectivity index (χ1n) is 9.71. The first kappa shape index (κ1) is 20.6. The van der Waals surface area contributed by atoms with Crippen LogP contribution in [0.4, 0.5) is 5.13 Å². The van der Waals surface area contributed by atoms with Crippen LogP contribution >= 0.6 is 22.9 Å². The van der Waals surface area contributed by atoms with Crippen molar-refractivity contribution in [2.24, 2.45) is 0 Å². The summed E-state index contributed by atoms with van der Waals surface area (Å²) in [5.74, 6) is 0.480. The van der Waals surface area contributed by atoms with Gasteiger partial charge in [-0.15, -0.1) is 0 Å². The molecule has 10 heteroatoms. The summed E-state index contributed by atoms with van der Waals surface area (Å²) in [7, 11) is 3.80. The monoisotopic (exact) mass is 445 g/mol. The van der Waals surface area contributed by atoms with Gasteiger partial charge in [-0.1, -0.05) is 35.6 Å². The molecule has 158 valence electrons. The highest BCUT2D eigenvalue weighted by Gasteiger charge is 2.22. The Hall–Kier alpha value is -2.62. The van der Waals surface area contributed by atoms with E-state index in [-0.39, 0.29) is 5.75 Å². The SMILES string of the molecule is C=C/C(=C(/Cl)NC)c1cnc(-c2nc3sc(N(C)C4CCNCC4)nc3[nH]2)c(O)c1. The van der Waals surface area contributed by atoms with Crippen LogP contribution in [0.5, 0.6) is 5.75 Å². The highest BCUT2D eigenvalue weighted by Crippen LogP contribution is 2.34. The summed E-state index contributed by atoms with van der Waals surface area (Å²) in [6, 6.07) is 2.08. The third-order valence-electron chi connectivity index (χ3n) is 5.27. The molecule has 0 unspecified atom stereocenters. The number of anilines is 1. The molecular weight excluding hydrogens is 422 g/mol. The summed E-state index contributed by atoms with van der Waals surface area (Å²) in [5.41, 5.74) is 2.37. The van der Waals surface area contributed by atoms with Gasteiger partial charge in [-0.3, -0.25) is 0 Å². The van der Waals surface area contributed by atoms with Crippen LogP contribution in [-0.2, 0) is 0 Å². The summed E-state index contributed by atoms with van der Waals surface area (Å²) in [4.78, 5) is 19.9. The van der Waals surface area contributed by atoms with Crippen LogP contribution in [-0.4, -0.2) is 58.3 Å². The maximum Gasteiger partial charge on any atom is 0.189 e. The van der Waals surface area contributed by atoms with Gasteiger partial charge >= 0.3 is 0 Å². The van der Waals surface area contributed by atoms with E-state index in [0.29, 0.717) is 39.5 Å². The molecule has 1 aliphatic heterocycles. The van der Waals surface area contributed by atoms with Gasteiger partial charge in [0.2, 0.25) is 0 Å². The van der Waals surface area contributed by atoms with Crippen molar-refractivity contribution in [3.05, 3.63) is 35.6 Å². The standard InChI is InChI=1S/C20H24ClN7OS/c1-4-13(16(21)22-2)11-9-14(29)15(24-10-11)17-25-18-19(26-17)30-20(27-18)28(3)12-5-7-23-8-6-12/h4,9-10,12,22-23,29H,1,5-8H2,2-3H3,(H,25,26)/b16-13+. The van der Waals surface area contributed by atoms with E-state index in [2.05, 4.69) is 44.1 Å². The molecule has 3 aromatic heterocycles. The van der Waals surface area contributed by atoms with E-state index in [9.17, 15) is 5.11 Å². The van der Waals surface area contributed by atoms with Crippen molar-refractivity contribution in [1.29, 1.82) is 0 Å². The number of aromatic nitrogens is 4. The van der Waals surface area contributed by atoms with Crippen LogP contribution < -0.4 is 15.5 Å². The second-order valence-corrected chi connectivity index (χ2v) is 8.44. The second kappa shape index (κ2) is 8.63. The molecule has 3 aromatic rings. The van der Waals surface area contributed by atoms with Gasteiger partial charge in [0.15, 0.2) is 21.4 Å². The van der Waals surface area contributed by atoms with Crippen molar-refractivity contribution < 1.29 is 5.11 Å². The Bertz CT molecular complexity index is 1070. The van der Waals surface area contributed by atoms with E-state index in [1.54, 1.807) is 25.4 Å². The molecule has 0 aliphatic carbocycles. The van der Waals surface area contributed by atoms with Crippen molar-refractivity contribution in [3.63, 3.8) is 0 Å². The van der Waals surface area contributed by atoms with Crippen LogP contribution in [0.2, 0.25) is 0 Å². The average Bonchev–Trinajstić information content (AvgIpc) is 3.33. The molecule has 30 heavy (non-hydrogen) atoms. The maximum atomic E-state index is 10.5. The molecule has 0 aromatic carbocycles. The van der Waals surface area contributed by atoms with E-state index >= 15 is 0 Å². The largest absolute Gasteiger partial charge is 0.506 e. The Balaban J connectivity index is 1.61. The van der Waals surface area contributed by atoms with Gasteiger partial charge in [0.1, 0.15) is 16.6 Å². The number of thiazole rings is 1. The Kier molecular flexibility index (Phi) is 5.94. The third-order valence-corrected chi connectivity index (χ3v) is 6.70. The number of imidazole rings is 1.